The fourth-order valence-corrected chi connectivity index (χ4v) is 5.30. The van der Waals surface area contributed by atoms with E-state index in [9.17, 15) is 22.7 Å². The van der Waals surface area contributed by atoms with Crippen molar-refractivity contribution in [3.8, 4) is 5.75 Å². The number of benzene rings is 3. The molecular formula is C30H31F5O2. The topological polar surface area (TPSA) is 29.5 Å². The van der Waals surface area contributed by atoms with Gasteiger partial charge in [-0.2, -0.15) is 4.39 Å². The van der Waals surface area contributed by atoms with E-state index in [0.29, 0.717) is 48.8 Å². The SMILES string of the molecule is CCOc1ccc(CCc2ccc(C3CCC(c4ccc(C(C)O)c(F)c4F)CC3)c(F)c2)c(F)c1F. The summed E-state index contributed by atoms with van der Waals surface area (Å²) < 4.78 is 77.5. The Morgan fingerprint density at radius 3 is 2.05 bits per heavy atom. The average Bonchev–Trinajstić information content (AvgIpc) is 2.88. The highest BCUT2D eigenvalue weighted by Gasteiger charge is 2.28. The minimum absolute atomic E-state index is 0.0346. The van der Waals surface area contributed by atoms with E-state index in [-0.39, 0.29) is 47.6 Å². The molecule has 0 radical (unpaired) electrons. The third-order valence-corrected chi connectivity index (χ3v) is 7.37. The molecule has 0 heterocycles. The smallest absolute Gasteiger partial charge is 0.200 e. The molecule has 0 saturated heterocycles. The van der Waals surface area contributed by atoms with E-state index in [2.05, 4.69) is 0 Å². The Morgan fingerprint density at radius 1 is 0.784 bits per heavy atom. The van der Waals surface area contributed by atoms with Crippen LogP contribution in [0, 0.1) is 29.1 Å². The molecule has 1 atom stereocenters. The Bertz CT molecular complexity index is 1250. The van der Waals surface area contributed by atoms with Gasteiger partial charge in [0.1, 0.15) is 5.82 Å². The van der Waals surface area contributed by atoms with Gasteiger partial charge in [0.15, 0.2) is 23.2 Å². The van der Waals surface area contributed by atoms with E-state index in [1.807, 2.05) is 0 Å². The van der Waals surface area contributed by atoms with E-state index < -0.39 is 29.4 Å². The lowest BCUT2D eigenvalue weighted by Crippen LogP contribution is -2.15. The first kappa shape index (κ1) is 27.1. The number of rotatable bonds is 8. The van der Waals surface area contributed by atoms with E-state index in [1.165, 1.54) is 31.2 Å². The fraction of sp³-hybridized carbons (Fsp3) is 0.400. The molecule has 4 rings (SSSR count). The van der Waals surface area contributed by atoms with Crippen molar-refractivity contribution in [1.82, 2.24) is 0 Å². The second-order valence-electron chi connectivity index (χ2n) is 9.74. The van der Waals surface area contributed by atoms with Crippen LogP contribution in [0.15, 0.2) is 42.5 Å². The highest BCUT2D eigenvalue weighted by Crippen LogP contribution is 2.42. The summed E-state index contributed by atoms with van der Waals surface area (Å²) in [5.74, 6) is -4.57. The molecular weight excluding hydrogens is 487 g/mol. The van der Waals surface area contributed by atoms with Gasteiger partial charge >= 0.3 is 0 Å². The first-order valence-corrected chi connectivity index (χ1v) is 12.7. The van der Waals surface area contributed by atoms with Crippen LogP contribution in [-0.4, -0.2) is 11.7 Å². The second kappa shape index (κ2) is 11.6. The zero-order valence-corrected chi connectivity index (χ0v) is 21.0. The van der Waals surface area contributed by atoms with Crippen molar-refractivity contribution in [3.05, 3.63) is 99.4 Å². The van der Waals surface area contributed by atoms with Gasteiger partial charge in [-0.3, -0.25) is 0 Å². The fourth-order valence-electron chi connectivity index (χ4n) is 5.30. The summed E-state index contributed by atoms with van der Waals surface area (Å²) in [6.07, 6.45) is 1.94. The van der Waals surface area contributed by atoms with Gasteiger partial charge in [-0.25, -0.2) is 17.6 Å². The number of ether oxygens (including phenoxy) is 1. The van der Waals surface area contributed by atoms with Crippen molar-refractivity contribution in [3.63, 3.8) is 0 Å². The normalized spacial score (nSPS) is 18.6. The maximum absolute atomic E-state index is 15.0. The molecule has 0 aliphatic heterocycles. The number of hydrogen-bond acceptors (Lipinski definition) is 2. The Balaban J connectivity index is 1.39. The Labute approximate surface area is 214 Å². The minimum Gasteiger partial charge on any atom is -0.491 e. The third-order valence-electron chi connectivity index (χ3n) is 7.37. The molecule has 3 aromatic rings. The molecule has 198 valence electrons. The minimum atomic E-state index is -1.09. The lowest BCUT2D eigenvalue weighted by Gasteiger charge is -2.30. The van der Waals surface area contributed by atoms with Gasteiger partial charge in [-0.1, -0.05) is 30.3 Å². The molecule has 1 N–H and O–H groups in total. The predicted octanol–water partition coefficient (Wildman–Crippen LogP) is 8.06. The van der Waals surface area contributed by atoms with Crippen LogP contribution in [0.25, 0.3) is 0 Å². The largest absolute Gasteiger partial charge is 0.491 e. The Morgan fingerprint density at radius 2 is 1.43 bits per heavy atom. The molecule has 0 bridgehead atoms. The van der Waals surface area contributed by atoms with Crippen molar-refractivity contribution >= 4 is 0 Å². The van der Waals surface area contributed by atoms with Crippen LogP contribution in [0.3, 0.4) is 0 Å². The van der Waals surface area contributed by atoms with E-state index in [4.69, 9.17) is 4.74 Å². The van der Waals surface area contributed by atoms with Gasteiger partial charge < -0.3 is 9.84 Å². The van der Waals surface area contributed by atoms with Crippen LogP contribution in [0.2, 0.25) is 0 Å². The third kappa shape index (κ3) is 5.82. The first-order valence-electron chi connectivity index (χ1n) is 12.7. The number of hydrogen-bond donors (Lipinski definition) is 1. The molecule has 1 aliphatic rings. The zero-order valence-electron chi connectivity index (χ0n) is 21.0. The molecule has 37 heavy (non-hydrogen) atoms. The molecule has 1 unspecified atom stereocenters. The van der Waals surface area contributed by atoms with Gasteiger partial charge in [-0.15, -0.1) is 0 Å². The van der Waals surface area contributed by atoms with Gasteiger partial charge in [0.05, 0.1) is 12.7 Å². The maximum atomic E-state index is 15.0. The van der Waals surface area contributed by atoms with E-state index in [1.54, 1.807) is 25.1 Å². The van der Waals surface area contributed by atoms with Crippen LogP contribution >= 0.6 is 0 Å². The van der Waals surface area contributed by atoms with Gasteiger partial charge in [-0.05, 0) is 98.6 Å². The van der Waals surface area contributed by atoms with E-state index >= 15 is 4.39 Å². The van der Waals surface area contributed by atoms with Crippen molar-refractivity contribution in [2.45, 2.75) is 70.3 Å². The molecule has 3 aromatic carbocycles. The highest BCUT2D eigenvalue weighted by molar-refractivity contribution is 5.34. The average molecular weight is 519 g/mol. The van der Waals surface area contributed by atoms with Crippen molar-refractivity contribution in [1.29, 1.82) is 0 Å². The molecule has 1 saturated carbocycles. The van der Waals surface area contributed by atoms with E-state index in [0.717, 1.165) is 0 Å². The Hall–Kier alpha value is -2.93. The molecule has 0 aromatic heterocycles. The van der Waals surface area contributed by atoms with Crippen LogP contribution < -0.4 is 4.74 Å². The number of aliphatic hydroxyl groups is 1. The van der Waals surface area contributed by atoms with Crippen molar-refractivity contribution < 1.29 is 31.8 Å². The number of aliphatic hydroxyl groups excluding tert-OH is 1. The van der Waals surface area contributed by atoms with Crippen LogP contribution in [0.4, 0.5) is 22.0 Å². The maximum Gasteiger partial charge on any atom is 0.200 e. The molecule has 1 fully saturated rings. The van der Waals surface area contributed by atoms with Crippen molar-refractivity contribution in [2.24, 2.45) is 0 Å². The molecule has 0 spiro atoms. The van der Waals surface area contributed by atoms with Crippen LogP contribution in [0.5, 0.6) is 5.75 Å². The summed E-state index contributed by atoms with van der Waals surface area (Å²) in [5, 5.41) is 9.60. The predicted molar refractivity (Wildman–Crippen MR) is 132 cm³/mol. The Kier molecular flexibility index (Phi) is 8.53. The second-order valence-corrected chi connectivity index (χ2v) is 9.74. The molecule has 1 aliphatic carbocycles. The van der Waals surface area contributed by atoms with Gasteiger partial charge in [0.2, 0.25) is 5.82 Å². The van der Waals surface area contributed by atoms with Gasteiger partial charge in [0, 0.05) is 5.56 Å². The van der Waals surface area contributed by atoms with Crippen LogP contribution in [-0.2, 0) is 12.8 Å². The van der Waals surface area contributed by atoms with Crippen molar-refractivity contribution in [2.75, 3.05) is 6.61 Å². The lowest BCUT2D eigenvalue weighted by molar-refractivity contribution is 0.192. The van der Waals surface area contributed by atoms with Gasteiger partial charge in [0.25, 0.3) is 0 Å². The highest BCUT2D eigenvalue weighted by atomic mass is 19.2. The standard InChI is InChI=1S/C30H31F5O2/c1-3-37-26-15-11-21(27(32)30(26)35)6-4-18-5-12-23(25(31)16-18)19-7-9-20(10-8-19)24-14-13-22(17(2)36)28(33)29(24)34/h5,11-17,19-20,36H,3-4,6-10H2,1-2H3. The molecule has 7 heteroatoms. The molecule has 0 amide bonds. The lowest BCUT2D eigenvalue weighted by atomic mass is 9.75. The summed E-state index contributed by atoms with van der Waals surface area (Å²) >= 11 is 0. The monoisotopic (exact) mass is 518 g/mol. The van der Waals surface area contributed by atoms with Crippen LogP contribution in [0.1, 0.15) is 85.3 Å². The first-order chi connectivity index (χ1) is 17.7. The quantitative estimate of drug-likeness (QED) is 0.306. The number of halogens is 5. The molecule has 2 nitrogen and oxygen atoms in total. The summed E-state index contributed by atoms with van der Waals surface area (Å²) in [6.45, 7) is 3.31. The summed E-state index contributed by atoms with van der Waals surface area (Å²) in [5.41, 5.74) is 1.70. The summed E-state index contributed by atoms with van der Waals surface area (Å²) in [7, 11) is 0. The summed E-state index contributed by atoms with van der Waals surface area (Å²) in [4.78, 5) is 0. The zero-order chi connectivity index (χ0) is 26.7. The number of aryl methyl sites for hydroxylation is 2. The summed E-state index contributed by atoms with van der Waals surface area (Å²) in [6, 6.07) is 10.8.